The predicted molar refractivity (Wildman–Crippen MR) is 66.2 cm³/mol. The van der Waals surface area contributed by atoms with Crippen LogP contribution in [0.1, 0.15) is 10.5 Å². The Balaban J connectivity index is 2.07. The lowest BCUT2D eigenvalue weighted by atomic mass is 10.3. The van der Waals surface area contributed by atoms with Crippen molar-refractivity contribution in [1.29, 1.82) is 0 Å². The van der Waals surface area contributed by atoms with Gasteiger partial charge in [0.15, 0.2) is 5.69 Å². The van der Waals surface area contributed by atoms with Crippen LogP contribution in [0.25, 0.3) is 5.52 Å². The summed E-state index contributed by atoms with van der Waals surface area (Å²) in [5.41, 5.74) is 1.13. The maximum absolute atomic E-state index is 11.8. The second-order valence-electron chi connectivity index (χ2n) is 4.07. The minimum absolute atomic E-state index is 0.0281. The highest BCUT2D eigenvalue weighted by Crippen LogP contribution is 2.05. The molecule has 2 rings (SSSR count). The lowest BCUT2D eigenvalue weighted by molar-refractivity contribution is -0.127. The number of hydrogen-bond acceptors (Lipinski definition) is 3. The molecule has 94 valence electrons. The summed E-state index contributed by atoms with van der Waals surface area (Å²) < 4.78 is 1.61. The molecule has 2 heterocycles. The Morgan fingerprint density at radius 3 is 2.83 bits per heavy atom. The van der Waals surface area contributed by atoms with E-state index in [0.29, 0.717) is 5.69 Å². The van der Waals surface area contributed by atoms with Gasteiger partial charge in [0, 0.05) is 20.3 Å². The molecule has 6 heteroatoms. The first-order chi connectivity index (χ1) is 8.58. The molecule has 0 aromatic carbocycles. The summed E-state index contributed by atoms with van der Waals surface area (Å²) >= 11 is 0. The fourth-order valence-corrected chi connectivity index (χ4v) is 1.45. The number of hydrogen-bond donors (Lipinski definition) is 1. The Hall–Kier alpha value is -2.37. The van der Waals surface area contributed by atoms with E-state index in [9.17, 15) is 9.59 Å². The van der Waals surface area contributed by atoms with Crippen molar-refractivity contribution in [2.75, 3.05) is 20.6 Å². The minimum Gasteiger partial charge on any atom is -0.347 e. The van der Waals surface area contributed by atoms with Crippen molar-refractivity contribution in [3.63, 3.8) is 0 Å². The summed E-state index contributed by atoms with van der Waals surface area (Å²) in [4.78, 5) is 24.5. The first kappa shape index (κ1) is 12.1. The fraction of sp³-hybridized carbons (Fsp3) is 0.250. The average molecular weight is 246 g/mol. The van der Waals surface area contributed by atoms with Crippen LogP contribution in [0.4, 0.5) is 0 Å². The van der Waals surface area contributed by atoms with Crippen molar-refractivity contribution in [2.45, 2.75) is 0 Å². The Morgan fingerprint density at radius 1 is 1.39 bits per heavy atom. The molecule has 2 amide bonds. The molecule has 6 nitrogen and oxygen atoms in total. The third-order valence-corrected chi connectivity index (χ3v) is 2.50. The zero-order valence-corrected chi connectivity index (χ0v) is 10.3. The van der Waals surface area contributed by atoms with Gasteiger partial charge in [-0.25, -0.2) is 4.52 Å². The monoisotopic (exact) mass is 246 g/mol. The number of pyridine rings is 1. The van der Waals surface area contributed by atoms with Crippen LogP contribution in [0.5, 0.6) is 0 Å². The molecule has 0 saturated heterocycles. The molecule has 0 saturated carbocycles. The van der Waals surface area contributed by atoms with Crippen LogP contribution in [0.3, 0.4) is 0 Å². The number of carbonyl (C=O) groups excluding carboxylic acids is 2. The maximum Gasteiger partial charge on any atom is 0.272 e. The van der Waals surface area contributed by atoms with Crippen LogP contribution in [0.2, 0.25) is 0 Å². The Kier molecular flexibility index (Phi) is 3.27. The molecule has 0 bridgehead atoms. The van der Waals surface area contributed by atoms with E-state index in [1.54, 1.807) is 30.9 Å². The molecule has 2 aromatic rings. The molecule has 1 N–H and O–H groups in total. The molecule has 18 heavy (non-hydrogen) atoms. The van der Waals surface area contributed by atoms with Crippen molar-refractivity contribution in [2.24, 2.45) is 0 Å². The molecule has 0 spiro atoms. The highest BCUT2D eigenvalue weighted by Gasteiger charge is 2.12. The van der Waals surface area contributed by atoms with Crippen molar-refractivity contribution in [3.05, 3.63) is 36.2 Å². The number of aromatic nitrogens is 2. The Labute approximate surface area is 104 Å². The lowest BCUT2D eigenvalue weighted by Crippen LogP contribution is -2.36. The first-order valence-corrected chi connectivity index (χ1v) is 5.50. The Morgan fingerprint density at radius 2 is 2.17 bits per heavy atom. The van der Waals surface area contributed by atoms with E-state index in [2.05, 4.69) is 10.4 Å². The first-order valence-electron chi connectivity index (χ1n) is 5.50. The molecule has 0 atom stereocenters. The second kappa shape index (κ2) is 4.87. The lowest BCUT2D eigenvalue weighted by Gasteiger charge is -2.09. The quantitative estimate of drug-likeness (QED) is 0.838. The fourth-order valence-electron chi connectivity index (χ4n) is 1.45. The molecule has 0 aliphatic rings. The highest BCUT2D eigenvalue weighted by molar-refractivity contribution is 5.95. The molecular formula is C12H14N4O2. The molecule has 0 aliphatic heterocycles. The third-order valence-electron chi connectivity index (χ3n) is 2.50. The molecule has 0 fully saturated rings. The van der Waals surface area contributed by atoms with Gasteiger partial charge in [-0.15, -0.1) is 0 Å². The van der Waals surface area contributed by atoms with Crippen molar-refractivity contribution < 1.29 is 9.59 Å². The summed E-state index contributed by atoms with van der Waals surface area (Å²) in [5, 5.41) is 6.65. The number of nitrogens with one attached hydrogen (secondary N) is 1. The number of likely N-dealkylation sites (N-methyl/N-ethyl adjacent to an activating group) is 1. The number of rotatable bonds is 3. The summed E-state index contributed by atoms with van der Waals surface area (Å²) in [7, 11) is 3.28. The van der Waals surface area contributed by atoms with Crippen LogP contribution in [0.15, 0.2) is 30.5 Å². The smallest absolute Gasteiger partial charge is 0.272 e. The van der Waals surface area contributed by atoms with E-state index in [4.69, 9.17) is 0 Å². The van der Waals surface area contributed by atoms with Crippen LogP contribution < -0.4 is 5.32 Å². The summed E-state index contributed by atoms with van der Waals surface area (Å²) in [6, 6.07) is 7.23. The number of fused-ring (bicyclic) bond motifs is 1. The molecule has 0 unspecified atom stereocenters. The number of amides is 2. The van der Waals surface area contributed by atoms with Crippen molar-refractivity contribution in [1.82, 2.24) is 19.8 Å². The third kappa shape index (κ3) is 2.48. The zero-order chi connectivity index (χ0) is 13.1. The summed E-state index contributed by atoms with van der Waals surface area (Å²) in [6.45, 7) is -0.0281. The van der Waals surface area contributed by atoms with E-state index >= 15 is 0 Å². The molecular weight excluding hydrogens is 232 g/mol. The predicted octanol–water partition coefficient (Wildman–Crippen LogP) is 0.152. The minimum atomic E-state index is -0.353. The number of nitrogens with zero attached hydrogens (tertiary/aromatic N) is 3. The van der Waals surface area contributed by atoms with Gasteiger partial charge in [0.05, 0.1) is 12.1 Å². The highest BCUT2D eigenvalue weighted by atomic mass is 16.2. The van der Waals surface area contributed by atoms with Crippen LogP contribution >= 0.6 is 0 Å². The van der Waals surface area contributed by atoms with Crippen LogP contribution in [0, 0.1) is 0 Å². The standard InChI is InChI=1S/C12H14N4O2/c1-15(2)11(17)8-13-12(18)10-7-9-5-3-4-6-16(9)14-10/h3-7H,8H2,1-2H3,(H,13,18). The van der Waals surface area contributed by atoms with Gasteiger partial charge in [-0.3, -0.25) is 9.59 Å². The van der Waals surface area contributed by atoms with Crippen molar-refractivity contribution >= 4 is 17.3 Å². The van der Waals surface area contributed by atoms with Crippen LogP contribution in [-0.2, 0) is 4.79 Å². The van der Waals surface area contributed by atoms with Gasteiger partial charge >= 0.3 is 0 Å². The van der Waals surface area contributed by atoms with Gasteiger partial charge in [-0.2, -0.15) is 5.10 Å². The molecule has 0 aliphatic carbocycles. The van der Waals surface area contributed by atoms with E-state index in [1.807, 2.05) is 18.2 Å². The van der Waals surface area contributed by atoms with E-state index in [0.717, 1.165) is 5.52 Å². The van der Waals surface area contributed by atoms with Gasteiger partial charge in [-0.1, -0.05) is 6.07 Å². The summed E-state index contributed by atoms with van der Waals surface area (Å²) in [5.74, 6) is -0.513. The van der Waals surface area contributed by atoms with Gasteiger partial charge in [0.2, 0.25) is 5.91 Å². The largest absolute Gasteiger partial charge is 0.347 e. The topological polar surface area (TPSA) is 66.7 Å². The SMILES string of the molecule is CN(C)C(=O)CNC(=O)c1cc2ccccn2n1. The van der Waals surface area contributed by atoms with Gasteiger partial charge in [-0.05, 0) is 18.2 Å². The normalized spacial score (nSPS) is 10.3. The number of carbonyl (C=O) groups is 2. The molecule has 0 radical (unpaired) electrons. The average Bonchev–Trinajstić information content (AvgIpc) is 2.79. The second-order valence-corrected chi connectivity index (χ2v) is 4.07. The van der Waals surface area contributed by atoms with Gasteiger partial charge in [0.25, 0.3) is 5.91 Å². The zero-order valence-electron chi connectivity index (χ0n) is 10.3. The Bertz CT molecular complexity index is 556. The van der Waals surface area contributed by atoms with E-state index in [1.165, 1.54) is 4.90 Å². The van der Waals surface area contributed by atoms with E-state index in [-0.39, 0.29) is 18.4 Å². The molecule has 2 aromatic heterocycles. The van der Waals surface area contributed by atoms with Crippen molar-refractivity contribution in [3.8, 4) is 0 Å². The van der Waals surface area contributed by atoms with Gasteiger partial charge in [0.1, 0.15) is 0 Å². The summed E-state index contributed by atoms with van der Waals surface area (Å²) in [6.07, 6.45) is 1.76. The van der Waals surface area contributed by atoms with Crippen LogP contribution in [-0.4, -0.2) is 47.0 Å². The maximum atomic E-state index is 11.8. The van der Waals surface area contributed by atoms with Gasteiger partial charge < -0.3 is 10.2 Å². The van der Waals surface area contributed by atoms with E-state index < -0.39 is 0 Å².